The fraction of sp³-hybridized carbons (Fsp3) is 0.381. The van der Waals surface area contributed by atoms with Crippen LogP contribution in [-0.2, 0) is 15.0 Å². The number of benzene rings is 1. The lowest BCUT2D eigenvalue weighted by Crippen LogP contribution is -2.48. The molecule has 0 unspecified atom stereocenters. The number of aromatic nitrogens is 1. The van der Waals surface area contributed by atoms with Gasteiger partial charge in [-0.3, -0.25) is 9.59 Å². The Morgan fingerprint density at radius 3 is 2.71 bits per heavy atom. The summed E-state index contributed by atoms with van der Waals surface area (Å²) in [5, 5.41) is 6.49. The summed E-state index contributed by atoms with van der Waals surface area (Å²) in [5.74, 6) is 0.715. The normalized spacial score (nSPS) is 18.6. The first-order chi connectivity index (χ1) is 13.6. The van der Waals surface area contributed by atoms with Crippen LogP contribution in [0.4, 0.5) is 11.5 Å². The first-order valence-corrected chi connectivity index (χ1v) is 10.00. The molecule has 2 amide bonds. The van der Waals surface area contributed by atoms with Gasteiger partial charge in [0, 0.05) is 18.1 Å². The molecule has 2 heterocycles. The van der Waals surface area contributed by atoms with Gasteiger partial charge in [-0.15, -0.1) is 0 Å². The minimum Gasteiger partial charge on any atom is -0.353 e. The predicted octanol–water partition coefficient (Wildman–Crippen LogP) is 3.12. The van der Waals surface area contributed by atoms with E-state index in [-0.39, 0.29) is 11.8 Å². The number of amides is 2. The topological polar surface area (TPSA) is 74.3 Å². The van der Waals surface area contributed by atoms with E-state index in [1.165, 1.54) is 0 Å². The van der Waals surface area contributed by atoms with Gasteiger partial charge >= 0.3 is 0 Å². The van der Waals surface area contributed by atoms with E-state index in [9.17, 15) is 9.59 Å². The third-order valence-corrected chi connectivity index (χ3v) is 5.87. The van der Waals surface area contributed by atoms with Crippen molar-refractivity contribution in [2.45, 2.75) is 31.1 Å². The van der Waals surface area contributed by atoms with Crippen LogP contribution in [-0.4, -0.2) is 36.4 Å². The molecule has 2 N–H and O–H groups in total. The molecule has 1 aromatic heterocycles. The maximum atomic E-state index is 13.2. The Bertz CT molecular complexity index is 878. The number of carbonyl (C=O) groups is 2. The Balaban J connectivity index is 1.51. The van der Waals surface area contributed by atoms with Crippen molar-refractivity contribution in [3.05, 3.63) is 53.2 Å². The molecule has 28 heavy (non-hydrogen) atoms. The van der Waals surface area contributed by atoms with Gasteiger partial charge in [-0.2, -0.15) is 0 Å². The molecule has 1 saturated carbocycles. The molecule has 1 aromatic carbocycles. The third-order valence-electron chi connectivity index (χ3n) is 5.64. The van der Waals surface area contributed by atoms with Crippen molar-refractivity contribution >= 4 is 34.9 Å². The highest BCUT2D eigenvalue weighted by Gasteiger charge is 2.42. The van der Waals surface area contributed by atoms with Crippen molar-refractivity contribution in [3.63, 3.8) is 0 Å². The number of pyridine rings is 1. The Kier molecular flexibility index (Phi) is 5.22. The minimum atomic E-state index is -0.547. The lowest BCUT2D eigenvalue weighted by atomic mass is 9.78. The van der Waals surface area contributed by atoms with Crippen molar-refractivity contribution in [1.29, 1.82) is 0 Å². The smallest absolute Gasteiger partial charge is 0.239 e. The summed E-state index contributed by atoms with van der Waals surface area (Å²) in [5.41, 5.74) is 1.08. The molecule has 1 aliphatic carbocycles. The number of piperazine rings is 1. The van der Waals surface area contributed by atoms with Gasteiger partial charge in [0.25, 0.3) is 0 Å². The maximum Gasteiger partial charge on any atom is 0.239 e. The Morgan fingerprint density at radius 1 is 1.21 bits per heavy atom. The molecule has 6 nitrogen and oxygen atoms in total. The highest BCUT2D eigenvalue weighted by atomic mass is 35.5. The zero-order valence-electron chi connectivity index (χ0n) is 15.6. The van der Waals surface area contributed by atoms with Gasteiger partial charge in [-0.05, 0) is 42.7 Å². The van der Waals surface area contributed by atoms with Crippen LogP contribution >= 0.6 is 11.6 Å². The van der Waals surface area contributed by atoms with Gasteiger partial charge in [0.1, 0.15) is 5.82 Å². The summed E-state index contributed by atoms with van der Waals surface area (Å²) in [6, 6.07) is 11.3. The molecular weight excluding hydrogens is 376 g/mol. The largest absolute Gasteiger partial charge is 0.353 e. The van der Waals surface area contributed by atoms with E-state index in [1.807, 2.05) is 41.3 Å². The fourth-order valence-corrected chi connectivity index (χ4v) is 4.33. The molecule has 0 spiro atoms. The molecule has 0 atom stereocenters. The zero-order valence-corrected chi connectivity index (χ0v) is 16.3. The molecule has 146 valence electrons. The summed E-state index contributed by atoms with van der Waals surface area (Å²) < 4.78 is 0. The highest BCUT2D eigenvalue weighted by Crippen LogP contribution is 2.42. The van der Waals surface area contributed by atoms with Crippen LogP contribution in [0.1, 0.15) is 31.2 Å². The summed E-state index contributed by atoms with van der Waals surface area (Å²) >= 11 is 6.18. The zero-order chi connectivity index (χ0) is 19.6. The van der Waals surface area contributed by atoms with E-state index in [2.05, 4.69) is 15.6 Å². The molecule has 2 aromatic rings. The second-order valence-corrected chi connectivity index (χ2v) is 7.87. The second kappa shape index (κ2) is 7.80. The van der Waals surface area contributed by atoms with Crippen LogP contribution in [0.15, 0.2) is 42.6 Å². The van der Waals surface area contributed by atoms with Crippen molar-refractivity contribution in [2.75, 3.05) is 29.9 Å². The summed E-state index contributed by atoms with van der Waals surface area (Å²) in [6.07, 6.45) is 5.32. The van der Waals surface area contributed by atoms with E-state index in [4.69, 9.17) is 11.6 Å². The van der Waals surface area contributed by atoms with Crippen LogP contribution in [0.5, 0.6) is 0 Å². The summed E-state index contributed by atoms with van der Waals surface area (Å²) in [4.78, 5) is 31.1. The second-order valence-electron chi connectivity index (χ2n) is 7.43. The van der Waals surface area contributed by atoms with Crippen LogP contribution in [0.3, 0.4) is 0 Å². The number of anilines is 2. The lowest BCUT2D eigenvalue weighted by Gasteiger charge is -2.29. The summed E-state index contributed by atoms with van der Waals surface area (Å²) in [7, 11) is 0. The van der Waals surface area contributed by atoms with E-state index in [0.29, 0.717) is 23.8 Å². The average Bonchev–Trinajstić information content (AvgIpc) is 3.20. The Labute approximate surface area is 169 Å². The molecule has 7 heteroatoms. The van der Waals surface area contributed by atoms with Crippen LogP contribution < -0.4 is 15.5 Å². The van der Waals surface area contributed by atoms with Crippen molar-refractivity contribution in [2.24, 2.45) is 0 Å². The van der Waals surface area contributed by atoms with E-state index in [0.717, 1.165) is 43.6 Å². The third kappa shape index (κ3) is 3.69. The van der Waals surface area contributed by atoms with Crippen LogP contribution in [0.25, 0.3) is 0 Å². The SMILES string of the molecule is O=C1CN(c2ccc(NC(=O)C3(c4cccc(Cl)c4)CCCC3)cn2)CCN1. The van der Waals surface area contributed by atoms with Gasteiger partial charge in [-0.25, -0.2) is 4.98 Å². The number of hydrogen-bond donors (Lipinski definition) is 2. The summed E-state index contributed by atoms with van der Waals surface area (Å²) in [6.45, 7) is 1.64. The maximum absolute atomic E-state index is 13.2. The average molecular weight is 399 g/mol. The standard InChI is InChI=1S/C21H23ClN4O2/c22-16-5-3-4-15(12-16)21(8-1-2-9-21)20(28)25-17-6-7-18(24-13-17)26-11-10-23-19(27)14-26/h3-7,12-13H,1-2,8-11,14H2,(H,23,27)(H,25,28). The lowest BCUT2D eigenvalue weighted by molar-refractivity contribution is -0.121. The molecule has 0 radical (unpaired) electrons. The Morgan fingerprint density at radius 2 is 2.04 bits per heavy atom. The van der Waals surface area contributed by atoms with Gasteiger partial charge in [0.15, 0.2) is 0 Å². The quantitative estimate of drug-likeness (QED) is 0.829. The molecule has 1 saturated heterocycles. The number of carbonyl (C=O) groups excluding carboxylic acids is 2. The number of nitrogens with one attached hydrogen (secondary N) is 2. The number of rotatable bonds is 4. The highest BCUT2D eigenvalue weighted by molar-refractivity contribution is 6.30. The number of halogens is 1. The van der Waals surface area contributed by atoms with Gasteiger partial charge in [-0.1, -0.05) is 36.6 Å². The minimum absolute atomic E-state index is 0.00451. The monoisotopic (exact) mass is 398 g/mol. The van der Waals surface area contributed by atoms with Crippen LogP contribution in [0, 0.1) is 0 Å². The Hall–Kier alpha value is -2.60. The molecule has 2 aliphatic rings. The molecule has 4 rings (SSSR count). The van der Waals surface area contributed by atoms with Crippen LogP contribution in [0.2, 0.25) is 5.02 Å². The van der Waals surface area contributed by atoms with Gasteiger partial charge < -0.3 is 15.5 Å². The molecular formula is C21H23ClN4O2. The van der Waals surface area contributed by atoms with Crippen molar-refractivity contribution < 1.29 is 9.59 Å². The predicted molar refractivity (Wildman–Crippen MR) is 110 cm³/mol. The van der Waals surface area contributed by atoms with Crippen molar-refractivity contribution in [3.8, 4) is 0 Å². The van der Waals surface area contributed by atoms with E-state index < -0.39 is 5.41 Å². The van der Waals surface area contributed by atoms with E-state index >= 15 is 0 Å². The van der Waals surface area contributed by atoms with Gasteiger partial charge in [0.2, 0.25) is 11.8 Å². The number of nitrogens with zero attached hydrogens (tertiary/aromatic N) is 2. The molecule has 0 bridgehead atoms. The first kappa shape index (κ1) is 18.7. The van der Waals surface area contributed by atoms with Gasteiger partial charge in [0.05, 0.1) is 23.8 Å². The molecule has 1 aliphatic heterocycles. The molecule has 2 fully saturated rings. The first-order valence-electron chi connectivity index (χ1n) is 9.62. The fourth-order valence-electron chi connectivity index (χ4n) is 4.14. The number of hydrogen-bond acceptors (Lipinski definition) is 4. The van der Waals surface area contributed by atoms with E-state index in [1.54, 1.807) is 6.20 Å². The van der Waals surface area contributed by atoms with Crippen molar-refractivity contribution in [1.82, 2.24) is 10.3 Å².